The van der Waals surface area contributed by atoms with Crippen LogP contribution in [-0.4, -0.2) is 53.9 Å². The van der Waals surface area contributed by atoms with Crippen LogP contribution in [0.15, 0.2) is 41.3 Å². The molecule has 1 aliphatic heterocycles. The lowest BCUT2D eigenvalue weighted by Crippen LogP contribution is -2.32. The summed E-state index contributed by atoms with van der Waals surface area (Å²) < 4.78 is 64.2. The van der Waals surface area contributed by atoms with Crippen molar-refractivity contribution in [3.05, 3.63) is 52.8 Å². The maximum Gasteiger partial charge on any atom is 0.459 e. The van der Waals surface area contributed by atoms with E-state index in [2.05, 4.69) is 21.7 Å². The van der Waals surface area contributed by atoms with Gasteiger partial charge in [0.1, 0.15) is 18.5 Å². The number of carbonyl (C=O) groups is 1. The van der Waals surface area contributed by atoms with E-state index in [1.807, 2.05) is 13.8 Å². The number of nitrogen functional groups attached to an aromatic ring is 1. The van der Waals surface area contributed by atoms with Crippen molar-refractivity contribution in [1.82, 2.24) is 14.6 Å². The number of halogens is 3. The monoisotopic (exact) mass is 594 g/mol. The molecule has 0 aliphatic carbocycles. The van der Waals surface area contributed by atoms with Crippen LogP contribution in [0.4, 0.5) is 14.6 Å². The molecule has 0 amide bonds. The summed E-state index contributed by atoms with van der Waals surface area (Å²) in [6.07, 6.45) is -0.526. The maximum atomic E-state index is 14.7. The third kappa shape index (κ3) is 9.84. The lowest BCUT2D eigenvalue weighted by Gasteiger charge is -2.22. The molecule has 0 radical (unpaired) electrons. The normalized spacial score (nSPS) is 20.1. The highest BCUT2D eigenvalue weighted by atomic mass is 35.5. The van der Waals surface area contributed by atoms with Crippen LogP contribution in [0.2, 0.25) is 0 Å². The molecule has 1 saturated heterocycles. The predicted molar refractivity (Wildman–Crippen MR) is 142 cm³/mol. The fourth-order valence-corrected chi connectivity index (χ4v) is 4.84. The third-order valence-corrected chi connectivity index (χ3v) is 7.27. The molecule has 1 aliphatic rings. The fourth-order valence-electron chi connectivity index (χ4n) is 3.55. The predicted octanol–water partition coefficient (Wildman–Crippen LogP) is 4.22. The van der Waals surface area contributed by atoms with E-state index in [-0.39, 0.29) is 24.7 Å². The Labute approximate surface area is 230 Å². The van der Waals surface area contributed by atoms with Gasteiger partial charge in [-0.05, 0) is 18.1 Å². The van der Waals surface area contributed by atoms with Crippen molar-refractivity contribution in [2.24, 2.45) is 5.92 Å². The number of esters is 1. The summed E-state index contributed by atoms with van der Waals surface area (Å²) in [6.45, 7) is 3.33. The summed E-state index contributed by atoms with van der Waals surface area (Å²) in [4.78, 5) is 27.5. The molecule has 1 aromatic heterocycles. The number of nitrogens with one attached hydrogen (secondary N) is 1. The van der Waals surface area contributed by atoms with Crippen LogP contribution in [0.5, 0.6) is 5.75 Å². The number of ether oxygens (including phenoxy) is 2. The van der Waals surface area contributed by atoms with E-state index in [4.69, 9.17) is 24.3 Å². The first-order chi connectivity index (χ1) is 18.6. The largest absolute Gasteiger partial charge is 0.464 e. The van der Waals surface area contributed by atoms with Crippen molar-refractivity contribution < 1.29 is 36.7 Å². The Morgan fingerprint density at radius 2 is 1.97 bits per heavy atom. The SMILES string of the molecule is CCC(CC)COC(=O)CNP(=O)(OCC1CC(F)C(n2cc(F)c(N)nc2=O)O1)Oc1ccccc1.CCl. The maximum absolute atomic E-state index is 14.7. The minimum absolute atomic E-state index is 0.201. The van der Waals surface area contributed by atoms with Crippen LogP contribution in [0, 0.1) is 11.7 Å². The van der Waals surface area contributed by atoms with E-state index < -0.39 is 62.7 Å². The molecule has 2 aromatic rings. The van der Waals surface area contributed by atoms with Crippen molar-refractivity contribution in [3.63, 3.8) is 0 Å². The molecule has 3 rings (SSSR count). The van der Waals surface area contributed by atoms with Crippen molar-refractivity contribution in [2.45, 2.75) is 51.6 Å². The number of hydrogen-bond acceptors (Lipinski definition) is 9. The van der Waals surface area contributed by atoms with Gasteiger partial charge in [0.25, 0.3) is 0 Å². The molecule has 0 spiro atoms. The number of rotatable bonds is 13. The van der Waals surface area contributed by atoms with Gasteiger partial charge in [-0.3, -0.25) is 13.9 Å². The van der Waals surface area contributed by atoms with Gasteiger partial charge in [-0.1, -0.05) is 44.9 Å². The van der Waals surface area contributed by atoms with E-state index in [9.17, 15) is 22.9 Å². The molecule has 4 atom stereocenters. The molecular weight excluding hydrogens is 561 g/mol. The summed E-state index contributed by atoms with van der Waals surface area (Å²) in [7, 11) is -4.15. The smallest absolute Gasteiger partial charge is 0.459 e. The molecule has 11 nitrogen and oxygen atoms in total. The van der Waals surface area contributed by atoms with Crippen LogP contribution < -0.4 is 21.0 Å². The summed E-state index contributed by atoms with van der Waals surface area (Å²) >= 11 is 4.64. The average Bonchev–Trinajstić information content (AvgIpc) is 3.31. The minimum Gasteiger partial charge on any atom is -0.464 e. The molecule has 4 unspecified atom stereocenters. The number of nitrogens with zero attached hydrogens (tertiary/aromatic N) is 2. The van der Waals surface area contributed by atoms with Crippen LogP contribution in [-0.2, 0) is 23.4 Å². The zero-order chi connectivity index (χ0) is 29.0. The highest BCUT2D eigenvalue weighted by molar-refractivity contribution is 7.52. The van der Waals surface area contributed by atoms with E-state index in [1.165, 1.54) is 18.5 Å². The first-order valence-corrected chi connectivity index (χ1v) is 14.5. The number of nitrogens with two attached hydrogens (primary N) is 1. The lowest BCUT2D eigenvalue weighted by molar-refractivity contribution is -0.143. The van der Waals surface area contributed by atoms with Crippen molar-refractivity contribution in [2.75, 3.05) is 31.9 Å². The highest BCUT2D eigenvalue weighted by Crippen LogP contribution is 2.45. The fraction of sp³-hybridized carbons (Fsp3) is 0.542. The van der Waals surface area contributed by atoms with Gasteiger partial charge in [0.15, 0.2) is 17.9 Å². The standard InChI is InChI=1S/C23H31F2N4O7P.CH3Cl/c1-3-15(4-2)13-33-20(30)11-27-37(32,36-16-8-6-5-7-9-16)34-14-17-10-18(24)22(35-17)29-12-19(25)21(26)28-23(29)31;1-2/h5-9,12,15,17-18,22H,3-4,10-11,13-14H2,1-2H3,(H,27,32)(H2,26,28,31);1H3. The van der Waals surface area contributed by atoms with Crippen LogP contribution in [0.1, 0.15) is 39.3 Å². The highest BCUT2D eigenvalue weighted by Gasteiger charge is 2.40. The summed E-state index contributed by atoms with van der Waals surface area (Å²) in [6, 6.07) is 8.11. The topological polar surface area (TPSA) is 144 Å². The molecule has 15 heteroatoms. The Morgan fingerprint density at radius 3 is 2.62 bits per heavy atom. The van der Waals surface area contributed by atoms with E-state index in [1.54, 1.807) is 18.2 Å². The van der Waals surface area contributed by atoms with Gasteiger partial charge in [-0.25, -0.2) is 23.2 Å². The van der Waals surface area contributed by atoms with Crippen LogP contribution in [0.25, 0.3) is 0 Å². The Balaban J connectivity index is 0.00000260. The summed E-state index contributed by atoms with van der Waals surface area (Å²) in [5.41, 5.74) is 4.28. The van der Waals surface area contributed by atoms with E-state index in [0.29, 0.717) is 10.8 Å². The molecule has 1 fully saturated rings. The van der Waals surface area contributed by atoms with Gasteiger partial charge in [0, 0.05) is 12.8 Å². The zero-order valence-electron chi connectivity index (χ0n) is 21.9. The third-order valence-electron chi connectivity index (χ3n) is 5.79. The number of hydrogen-bond donors (Lipinski definition) is 2. The van der Waals surface area contributed by atoms with Gasteiger partial charge < -0.3 is 19.7 Å². The van der Waals surface area contributed by atoms with Gasteiger partial charge in [-0.2, -0.15) is 4.98 Å². The molecular formula is C24H34ClF2N4O7P. The Kier molecular flexibility index (Phi) is 13.3. The number of carbonyl (C=O) groups excluding carboxylic acids is 1. The number of benzene rings is 1. The molecule has 1 aromatic carbocycles. The van der Waals surface area contributed by atoms with Gasteiger partial charge >= 0.3 is 19.4 Å². The number of para-hydroxylation sites is 1. The van der Waals surface area contributed by atoms with Crippen molar-refractivity contribution >= 4 is 31.1 Å². The zero-order valence-corrected chi connectivity index (χ0v) is 23.6. The number of anilines is 1. The second-order valence-corrected chi connectivity index (χ2v) is 10.2. The van der Waals surface area contributed by atoms with Gasteiger partial charge in [0.2, 0.25) is 0 Å². The van der Waals surface area contributed by atoms with Gasteiger partial charge in [-0.15, -0.1) is 11.6 Å². The number of aromatic nitrogens is 2. The first-order valence-electron chi connectivity index (χ1n) is 12.3. The first kappa shape index (κ1) is 32.6. The Bertz CT molecular complexity index is 1160. The molecule has 0 saturated carbocycles. The van der Waals surface area contributed by atoms with E-state index >= 15 is 0 Å². The molecule has 218 valence electrons. The van der Waals surface area contributed by atoms with Crippen molar-refractivity contribution in [3.8, 4) is 5.75 Å². The molecule has 2 heterocycles. The van der Waals surface area contributed by atoms with E-state index in [0.717, 1.165) is 12.8 Å². The second kappa shape index (κ2) is 15.9. The Hall–Kier alpha value is -2.57. The number of alkyl halides is 2. The summed E-state index contributed by atoms with van der Waals surface area (Å²) in [5, 5.41) is 2.46. The van der Waals surface area contributed by atoms with Crippen LogP contribution >= 0.6 is 19.3 Å². The quantitative estimate of drug-likeness (QED) is 0.196. The van der Waals surface area contributed by atoms with Gasteiger partial charge in [0.05, 0.1) is 25.5 Å². The lowest BCUT2D eigenvalue weighted by atomic mass is 10.1. The average molecular weight is 595 g/mol. The van der Waals surface area contributed by atoms with Crippen molar-refractivity contribution in [1.29, 1.82) is 0 Å². The molecule has 3 N–H and O–H groups in total. The molecule has 39 heavy (non-hydrogen) atoms. The second-order valence-electron chi connectivity index (χ2n) is 8.46. The minimum atomic E-state index is -4.15. The molecule has 0 bridgehead atoms. The summed E-state index contributed by atoms with van der Waals surface area (Å²) in [5.74, 6) is -1.85. The Morgan fingerprint density at radius 1 is 1.31 bits per heavy atom. The van der Waals surface area contributed by atoms with Crippen LogP contribution in [0.3, 0.4) is 0 Å².